The zero-order valence-electron chi connectivity index (χ0n) is 15.9. The van der Waals surface area contributed by atoms with E-state index in [0.29, 0.717) is 43.1 Å². The van der Waals surface area contributed by atoms with E-state index in [0.717, 1.165) is 23.5 Å². The van der Waals surface area contributed by atoms with Crippen molar-refractivity contribution in [3.8, 4) is 0 Å². The molecular formula is C21H21N5O3. The van der Waals surface area contributed by atoms with E-state index in [9.17, 15) is 9.59 Å². The van der Waals surface area contributed by atoms with E-state index in [1.54, 1.807) is 24.5 Å². The summed E-state index contributed by atoms with van der Waals surface area (Å²) in [4.78, 5) is 43.2. The van der Waals surface area contributed by atoms with Crippen LogP contribution in [0.15, 0.2) is 46.6 Å². The maximum Gasteiger partial charge on any atom is 0.303 e. The fraction of sp³-hybridized carbons (Fsp3) is 0.333. The Morgan fingerprint density at radius 1 is 1.17 bits per heavy atom. The molecule has 0 bridgehead atoms. The summed E-state index contributed by atoms with van der Waals surface area (Å²) >= 11 is 0. The zero-order valence-corrected chi connectivity index (χ0v) is 15.9. The number of carbonyl (C=O) groups is 2. The largest absolute Gasteiger partial charge is 0.481 e. The lowest BCUT2D eigenvalue weighted by Gasteiger charge is -2.27. The SMILES string of the molecule is O=C(O)CCCCc1ccc2c(n1)N=C(CC(=O)c1cccnc1)N1CCN=C21. The highest BCUT2D eigenvalue weighted by atomic mass is 16.4. The van der Waals surface area contributed by atoms with Crippen LogP contribution in [-0.2, 0) is 11.2 Å². The number of ketones is 1. The minimum absolute atomic E-state index is 0.0450. The van der Waals surface area contributed by atoms with Crippen molar-refractivity contribution in [2.45, 2.75) is 32.1 Å². The number of carboxylic acids is 1. The van der Waals surface area contributed by atoms with E-state index in [-0.39, 0.29) is 18.6 Å². The predicted octanol–water partition coefficient (Wildman–Crippen LogP) is 2.65. The fourth-order valence-corrected chi connectivity index (χ4v) is 3.49. The molecule has 148 valence electrons. The van der Waals surface area contributed by atoms with Crippen molar-refractivity contribution in [1.82, 2.24) is 14.9 Å². The standard InChI is InChI=1S/C21H21N5O3/c27-17(14-4-3-9-22-13-14)12-18-25-20-16(21-23-10-11-26(18)21)8-7-15(24-20)5-1-2-6-19(28)29/h3-4,7-9,13H,1-2,5-6,10-12H2,(H,28,29). The second-order valence-electron chi connectivity index (χ2n) is 7.00. The van der Waals surface area contributed by atoms with Crippen LogP contribution in [0.25, 0.3) is 0 Å². The molecule has 2 aromatic heterocycles. The molecule has 2 aromatic rings. The third-order valence-corrected chi connectivity index (χ3v) is 4.94. The monoisotopic (exact) mass is 391 g/mol. The van der Waals surface area contributed by atoms with E-state index in [1.165, 1.54) is 0 Å². The smallest absolute Gasteiger partial charge is 0.303 e. The van der Waals surface area contributed by atoms with Crippen molar-refractivity contribution in [3.05, 3.63) is 53.5 Å². The van der Waals surface area contributed by atoms with Crippen molar-refractivity contribution >= 4 is 29.2 Å². The molecule has 0 unspecified atom stereocenters. The van der Waals surface area contributed by atoms with Gasteiger partial charge in [0.05, 0.1) is 18.5 Å². The summed E-state index contributed by atoms with van der Waals surface area (Å²) in [5, 5.41) is 8.76. The molecule has 8 heteroatoms. The minimum Gasteiger partial charge on any atom is -0.481 e. The maximum atomic E-state index is 12.7. The molecule has 8 nitrogen and oxygen atoms in total. The number of pyridine rings is 2. The van der Waals surface area contributed by atoms with E-state index >= 15 is 0 Å². The molecule has 0 aliphatic carbocycles. The number of hydrogen-bond donors (Lipinski definition) is 1. The van der Waals surface area contributed by atoms with Gasteiger partial charge >= 0.3 is 5.97 Å². The Balaban J connectivity index is 1.55. The number of aromatic nitrogens is 2. The Morgan fingerprint density at radius 3 is 2.86 bits per heavy atom. The molecule has 2 aliphatic heterocycles. The van der Waals surface area contributed by atoms with Crippen LogP contribution in [0.3, 0.4) is 0 Å². The fourth-order valence-electron chi connectivity index (χ4n) is 3.49. The molecule has 4 rings (SSSR count). The van der Waals surface area contributed by atoms with Crippen molar-refractivity contribution in [1.29, 1.82) is 0 Å². The quantitative estimate of drug-likeness (QED) is 0.547. The van der Waals surface area contributed by atoms with Crippen LogP contribution in [0.4, 0.5) is 5.82 Å². The lowest BCUT2D eigenvalue weighted by atomic mass is 10.1. The van der Waals surface area contributed by atoms with Gasteiger partial charge in [-0.3, -0.25) is 19.6 Å². The highest BCUT2D eigenvalue weighted by Crippen LogP contribution is 2.29. The summed E-state index contributed by atoms with van der Waals surface area (Å²) in [5.74, 6) is 1.21. The molecule has 0 amide bonds. The normalized spacial score (nSPS) is 14.7. The Kier molecular flexibility index (Phi) is 5.41. The van der Waals surface area contributed by atoms with Gasteiger partial charge in [-0.2, -0.15) is 0 Å². The van der Waals surface area contributed by atoms with Crippen LogP contribution < -0.4 is 0 Å². The average molecular weight is 391 g/mol. The summed E-state index contributed by atoms with van der Waals surface area (Å²) in [7, 11) is 0. The number of aliphatic imine (C=N–C) groups is 2. The van der Waals surface area contributed by atoms with Crippen LogP contribution in [0.2, 0.25) is 0 Å². The van der Waals surface area contributed by atoms with Crippen LogP contribution >= 0.6 is 0 Å². The second kappa shape index (κ2) is 8.30. The Hall–Kier alpha value is -3.42. The maximum absolute atomic E-state index is 12.7. The molecule has 29 heavy (non-hydrogen) atoms. The molecular weight excluding hydrogens is 370 g/mol. The minimum atomic E-state index is -0.782. The number of fused-ring (bicyclic) bond motifs is 3. The number of hydrogen-bond acceptors (Lipinski definition) is 7. The van der Waals surface area contributed by atoms with Gasteiger partial charge in [-0.1, -0.05) is 0 Å². The molecule has 0 atom stereocenters. The third-order valence-electron chi connectivity index (χ3n) is 4.94. The number of amidine groups is 2. The predicted molar refractivity (Wildman–Crippen MR) is 108 cm³/mol. The molecule has 0 radical (unpaired) electrons. The second-order valence-corrected chi connectivity index (χ2v) is 7.00. The number of aryl methyl sites for hydroxylation is 1. The number of carbonyl (C=O) groups excluding carboxylic acids is 1. The summed E-state index contributed by atoms with van der Waals surface area (Å²) in [5.41, 5.74) is 2.29. The lowest BCUT2D eigenvalue weighted by molar-refractivity contribution is -0.137. The molecule has 0 aromatic carbocycles. The van der Waals surface area contributed by atoms with Gasteiger partial charge in [-0.25, -0.2) is 9.98 Å². The highest BCUT2D eigenvalue weighted by Gasteiger charge is 2.31. The van der Waals surface area contributed by atoms with Crippen molar-refractivity contribution in [3.63, 3.8) is 0 Å². The lowest BCUT2D eigenvalue weighted by Crippen LogP contribution is -2.38. The van der Waals surface area contributed by atoms with E-state index in [2.05, 4.69) is 20.0 Å². The summed E-state index contributed by atoms with van der Waals surface area (Å²) < 4.78 is 0. The first-order chi connectivity index (χ1) is 14.1. The molecule has 4 heterocycles. The first kappa shape index (κ1) is 18.9. The summed E-state index contributed by atoms with van der Waals surface area (Å²) in [6.07, 6.45) is 5.58. The highest BCUT2D eigenvalue weighted by molar-refractivity contribution is 6.20. The molecule has 0 saturated carbocycles. The van der Waals surface area contributed by atoms with Gasteiger partial charge in [-0.05, 0) is 43.5 Å². The van der Waals surface area contributed by atoms with Gasteiger partial charge in [0.2, 0.25) is 0 Å². The van der Waals surface area contributed by atoms with E-state index < -0.39 is 5.97 Å². The first-order valence-corrected chi connectivity index (χ1v) is 9.66. The number of aliphatic carboxylic acids is 1. The molecule has 2 aliphatic rings. The third kappa shape index (κ3) is 4.21. The number of rotatable bonds is 8. The van der Waals surface area contributed by atoms with Gasteiger partial charge in [0.1, 0.15) is 11.7 Å². The number of unbranched alkanes of at least 4 members (excludes halogenated alkanes) is 1. The number of carboxylic acid groups (broad SMARTS) is 1. The molecule has 0 fully saturated rings. The van der Waals surface area contributed by atoms with Crippen LogP contribution in [-0.4, -0.2) is 56.5 Å². The zero-order chi connectivity index (χ0) is 20.2. The first-order valence-electron chi connectivity index (χ1n) is 9.66. The van der Waals surface area contributed by atoms with Gasteiger partial charge in [0.25, 0.3) is 0 Å². The van der Waals surface area contributed by atoms with Crippen molar-refractivity contribution in [2.24, 2.45) is 9.98 Å². The summed E-state index contributed by atoms with van der Waals surface area (Å²) in [6, 6.07) is 7.40. The topological polar surface area (TPSA) is 108 Å². The summed E-state index contributed by atoms with van der Waals surface area (Å²) in [6.45, 7) is 1.36. The van der Waals surface area contributed by atoms with Gasteiger partial charge in [0, 0.05) is 36.6 Å². The van der Waals surface area contributed by atoms with Crippen molar-refractivity contribution < 1.29 is 14.7 Å². The number of nitrogens with zero attached hydrogens (tertiary/aromatic N) is 5. The molecule has 1 N–H and O–H groups in total. The Bertz CT molecular complexity index is 1000. The van der Waals surface area contributed by atoms with Crippen LogP contribution in [0.5, 0.6) is 0 Å². The molecule has 0 saturated heterocycles. The van der Waals surface area contributed by atoms with E-state index in [4.69, 9.17) is 5.11 Å². The van der Waals surface area contributed by atoms with Crippen molar-refractivity contribution in [2.75, 3.05) is 13.1 Å². The van der Waals surface area contributed by atoms with E-state index in [1.807, 2.05) is 17.0 Å². The van der Waals surface area contributed by atoms with Gasteiger partial charge in [0.15, 0.2) is 11.6 Å². The van der Waals surface area contributed by atoms with Gasteiger partial charge in [-0.15, -0.1) is 0 Å². The molecule has 0 spiro atoms. The average Bonchev–Trinajstić information content (AvgIpc) is 3.22. The number of Topliss-reactive ketones (excluding diaryl/α,β-unsaturated/α-hetero) is 1. The van der Waals surface area contributed by atoms with Crippen LogP contribution in [0, 0.1) is 0 Å². The Morgan fingerprint density at radius 2 is 2.07 bits per heavy atom. The van der Waals surface area contributed by atoms with Gasteiger partial charge < -0.3 is 10.0 Å². The van der Waals surface area contributed by atoms with Crippen LogP contribution in [0.1, 0.15) is 47.3 Å². The Labute approximate surface area is 168 Å².